The van der Waals surface area contributed by atoms with Crippen molar-refractivity contribution >= 4 is 0 Å². The van der Waals surface area contributed by atoms with Crippen LogP contribution in [0.5, 0.6) is 0 Å². The summed E-state index contributed by atoms with van der Waals surface area (Å²) < 4.78 is 5.82. The normalized spacial score (nSPS) is 28.5. The van der Waals surface area contributed by atoms with Gasteiger partial charge in [-0.1, -0.05) is 13.8 Å². The van der Waals surface area contributed by atoms with Crippen LogP contribution < -0.4 is 5.32 Å². The van der Waals surface area contributed by atoms with E-state index in [2.05, 4.69) is 29.1 Å². The predicted molar refractivity (Wildman–Crippen MR) is 72.3 cm³/mol. The Morgan fingerprint density at radius 2 is 2.22 bits per heavy atom. The summed E-state index contributed by atoms with van der Waals surface area (Å²) in [5, 5.41) is 3.31. The lowest BCUT2D eigenvalue weighted by molar-refractivity contribution is -0.0592. The fraction of sp³-hybridized carbons (Fsp3) is 0.786. The van der Waals surface area contributed by atoms with Gasteiger partial charge in [0, 0.05) is 25.5 Å². The maximum atomic E-state index is 5.82. The number of nitrogens with one attached hydrogen (secondary N) is 2. The average Bonchev–Trinajstić information content (AvgIpc) is 2.87. The zero-order valence-corrected chi connectivity index (χ0v) is 11.8. The van der Waals surface area contributed by atoms with Gasteiger partial charge in [-0.05, 0) is 38.1 Å². The zero-order valence-electron chi connectivity index (χ0n) is 11.8. The number of hydrogen-bond donors (Lipinski definition) is 2. The summed E-state index contributed by atoms with van der Waals surface area (Å²) in [6, 6.07) is 0. The number of hydrogen-bond acceptors (Lipinski definition) is 3. The van der Waals surface area contributed by atoms with E-state index in [1.165, 1.54) is 12.8 Å². The van der Waals surface area contributed by atoms with Crippen molar-refractivity contribution in [2.75, 3.05) is 13.7 Å². The number of nitrogens with zero attached hydrogens (tertiary/aromatic N) is 1. The van der Waals surface area contributed by atoms with E-state index in [-0.39, 0.29) is 5.60 Å². The molecule has 102 valence electrons. The molecule has 1 aromatic heterocycles. The third-order valence-corrected chi connectivity index (χ3v) is 4.10. The number of methoxy groups -OCH3 is 1. The van der Waals surface area contributed by atoms with Crippen LogP contribution in [0.25, 0.3) is 0 Å². The molecule has 4 heteroatoms. The number of aromatic amines is 1. The Bertz CT molecular complexity index is 367. The molecule has 1 aliphatic rings. The molecule has 0 aromatic carbocycles. The summed E-state index contributed by atoms with van der Waals surface area (Å²) in [5.74, 6) is 1.81. The zero-order chi connectivity index (χ0) is 13.0. The van der Waals surface area contributed by atoms with Crippen LogP contribution in [0.1, 0.15) is 51.0 Å². The summed E-state index contributed by atoms with van der Waals surface area (Å²) in [4.78, 5) is 7.97. The fourth-order valence-electron chi connectivity index (χ4n) is 2.71. The van der Waals surface area contributed by atoms with E-state index in [0.29, 0.717) is 0 Å². The molecule has 0 spiro atoms. The van der Waals surface area contributed by atoms with Crippen LogP contribution in [0.15, 0.2) is 6.20 Å². The van der Waals surface area contributed by atoms with Crippen molar-refractivity contribution in [2.24, 2.45) is 5.92 Å². The summed E-state index contributed by atoms with van der Waals surface area (Å²) in [5.41, 5.74) is 0.957. The van der Waals surface area contributed by atoms with Gasteiger partial charge in [-0.3, -0.25) is 0 Å². The van der Waals surface area contributed by atoms with E-state index < -0.39 is 0 Å². The lowest BCUT2D eigenvalue weighted by Crippen LogP contribution is -2.34. The SMILES string of the molecule is CCNCc1cnc(C2(OC)CCC(C)CC2)[nH]1. The number of H-pyrrole nitrogens is 1. The van der Waals surface area contributed by atoms with E-state index in [0.717, 1.165) is 43.4 Å². The first-order chi connectivity index (χ1) is 8.70. The van der Waals surface area contributed by atoms with Gasteiger partial charge in [0.25, 0.3) is 0 Å². The van der Waals surface area contributed by atoms with Crippen molar-refractivity contribution in [2.45, 2.75) is 51.7 Å². The van der Waals surface area contributed by atoms with Crippen LogP contribution in [0.2, 0.25) is 0 Å². The van der Waals surface area contributed by atoms with E-state index in [9.17, 15) is 0 Å². The van der Waals surface area contributed by atoms with Gasteiger partial charge in [-0.15, -0.1) is 0 Å². The standard InChI is InChI=1S/C14H25N3O/c1-4-15-9-12-10-16-13(17-12)14(18-3)7-5-11(2)6-8-14/h10-11,15H,4-9H2,1-3H3,(H,16,17). The highest BCUT2D eigenvalue weighted by atomic mass is 16.5. The Morgan fingerprint density at radius 1 is 1.50 bits per heavy atom. The highest BCUT2D eigenvalue weighted by molar-refractivity contribution is 5.10. The third-order valence-electron chi connectivity index (χ3n) is 4.10. The highest BCUT2D eigenvalue weighted by Gasteiger charge is 2.38. The first kappa shape index (κ1) is 13.6. The Labute approximate surface area is 110 Å². The summed E-state index contributed by atoms with van der Waals surface area (Å²) in [6.45, 7) is 6.25. The molecule has 0 aliphatic heterocycles. The summed E-state index contributed by atoms with van der Waals surface area (Å²) in [7, 11) is 1.81. The third kappa shape index (κ3) is 2.75. The molecular formula is C14H25N3O. The van der Waals surface area contributed by atoms with Gasteiger partial charge in [0.05, 0.1) is 0 Å². The van der Waals surface area contributed by atoms with E-state index in [1.807, 2.05) is 13.3 Å². The van der Waals surface area contributed by atoms with E-state index in [4.69, 9.17) is 4.74 Å². The van der Waals surface area contributed by atoms with Crippen molar-refractivity contribution in [3.63, 3.8) is 0 Å². The first-order valence-corrected chi connectivity index (χ1v) is 7.00. The van der Waals surface area contributed by atoms with Gasteiger partial charge in [-0.25, -0.2) is 4.98 Å². The first-order valence-electron chi connectivity index (χ1n) is 7.00. The van der Waals surface area contributed by atoms with Crippen LogP contribution in [0, 0.1) is 5.92 Å². The Hall–Kier alpha value is -0.870. The predicted octanol–water partition coefficient (Wildman–Crippen LogP) is 2.57. The second kappa shape index (κ2) is 5.85. The van der Waals surface area contributed by atoms with Crippen molar-refractivity contribution in [1.82, 2.24) is 15.3 Å². The minimum atomic E-state index is -0.184. The Morgan fingerprint density at radius 3 is 2.83 bits per heavy atom. The van der Waals surface area contributed by atoms with Gasteiger partial charge in [0.15, 0.2) is 0 Å². The van der Waals surface area contributed by atoms with Crippen molar-refractivity contribution < 1.29 is 4.74 Å². The van der Waals surface area contributed by atoms with Gasteiger partial charge in [0.1, 0.15) is 11.4 Å². The topological polar surface area (TPSA) is 49.9 Å². The molecule has 0 radical (unpaired) electrons. The molecule has 1 heterocycles. The van der Waals surface area contributed by atoms with E-state index in [1.54, 1.807) is 0 Å². The van der Waals surface area contributed by atoms with Crippen LogP contribution >= 0.6 is 0 Å². The second-order valence-electron chi connectivity index (χ2n) is 5.42. The van der Waals surface area contributed by atoms with Crippen LogP contribution in [0.3, 0.4) is 0 Å². The summed E-state index contributed by atoms with van der Waals surface area (Å²) >= 11 is 0. The van der Waals surface area contributed by atoms with Crippen LogP contribution in [-0.4, -0.2) is 23.6 Å². The number of imidazole rings is 1. The maximum absolute atomic E-state index is 5.82. The Kier molecular flexibility index (Phi) is 4.40. The molecule has 1 saturated carbocycles. The van der Waals surface area contributed by atoms with Gasteiger partial charge in [-0.2, -0.15) is 0 Å². The molecule has 0 atom stereocenters. The van der Waals surface area contributed by atoms with Gasteiger partial charge >= 0.3 is 0 Å². The molecule has 4 nitrogen and oxygen atoms in total. The Balaban J connectivity index is 2.09. The summed E-state index contributed by atoms with van der Waals surface area (Å²) in [6.07, 6.45) is 6.50. The minimum Gasteiger partial charge on any atom is -0.370 e. The fourth-order valence-corrected chi connectivity index (χ4v) is 2.71. The molecule has 0 unspecified atom stereocenters. The lowest BCUT2D eigenvalue weighted by Gasteiger charge is -2.36. The largest absolute Gasteiger partial charge is 0.370 e. The quantitative estimate of drug-likeness (QED) is 0.845. The highest BCUT2D eigenvalue weighted by Crippen LogP contribution is 2.40. The van der Waals surface area contributed by atoms with Crippen molar-refractivity contribution in [1.29, 1.82) is 0 Å². The second-order valence-corrected chi connectivity index (χ2v) is 5.42. The van der Waals surface area contributed by atoms with E-state index >= 15 is 0 Å². The van der Waals surface area contributed by atoms with Gasteiger partial charge in [0.2, 0.25) is 0 Å². The van der Waals surface area contributed by atoms with Crippen molar-refractivity contribution in [3.05, 3.63) is 17.7 Å². The van der Waals surface area contributed by atoms with Crippen molar-refractivity contribution in [3.8, 4) is 0 Å². The van der Waals surface area contributed by atoms with Gasteiger partial charge < -0.3 is 15.0 Å². The molecule has 2 rings (SSSR count). The molecule has 1 fully saturated rings. The van der Waals surface area contributed by atoms with Crippen LogP contribution in [-0.2, 0) is 16.9 Å². The number of ether oxygens (including phenoxy) is 1. The molecule has 0 saturated heterocycles. The molecule has 1 aliphatic carbocycles. The number of rotatable bonds is 5. The number of aromatic nitrogens is 2. The molecular weight excluding hydrogens is 226 g/mol. The molecule has 0 amide bonds. The maximum Gasteiger partial charge on any atom is 0.138 e. The minimum absolute atomic E-state index is 0.184. The monoisotopic (exact) mass is 251 g/mol. The lowest BCUT2D eigenvalue weighted by atomic mass is 9.79. The molecule has 0 bridgehead atoms. The van der Waals surface area contributed by atoms with Crippen LogP contribution in [0.4, 0.5) is 0 Å². The molecule has 2 N–H and O–H groups in total. The average molecular weight is 251 g/mol. The molecule has 18 heavy (non-hydrogen) atoms. The molecule has 1 aromatic rings. The smallest absolute Gasteiger partial charge is 0.138 e.